The average molecular weight is 1450 g/mol. The van der Waals surface area contributed by atoms with Crippen LogP contribution in [0.1, 0.15) is 136 Å². The third kappa shape index (κ3) is 25.7. The van der Waals surface area contributed by atoms with Crippen LogP contribution < -0.4 is 43.0 Å². The normalized spacial score (nSPS) is 16.1. The first-order chi connectivity index (χ1) is 49.4. The van der Waals surface area contributed by atoms with Crippen LogP contribution in [0, 0.1) is 23.7 Å². The van der Waals surface area contributed by atoms with E-state index in [1.807, 2.05) is 75.9 Å². The molecule has 104 heavy (non-hydrogen) atoms. The van der Waals surface area contributed by atoms with Gasteiger partial charge in [0.1, 0.15) is 30.8 Å². The number of esters is 1. The Morgan fingerprint density at radius 2 is 1.32 bits per heavy atom. The lowest BCUT2D eigenvalue weighted by molar-refractivity contribution is -0.148. The summed E-state index contributed by atoms with van der Waals surface area (Å²) in [6.07, 6.45) is 3.77. The number of primary amides is 1. The van der Waals surface area contributed by atoms with Crippen LogP contribution in [0.5, 0.6) is 0 Å². The Kier molecular flexibility index (Phi) is 34.6. The summed E-state index contributed by atoms with van der Waals surface area (Å²) in [4.78, 5) is 166. The SMILES string of the molecule is C=C(CC)[C@@H]([C@@H](CC(=O)N1CCC[C@H]1[C@H](OC)[C@@H](C)C(=O)N[C@@H](Cc1ccccc1)C(=O)OC)OC)N(C)C(=O)[C@@H](NC(=O)[C@H](C(C)C)N(C)Cc1cccc(NC(=O)OCc2ccc(NC(=O)[C@H](CCCNC(N)=O)NC(=O)[C@@H](NC(=O)CCCCCN3C(=O)C=CC3=O)C(C)C)cc2)c1)C(C)C. The molecule has 2 aliphatic heterocycles. The number of carbonyl (C=O) groups is 12. The molecule has 0 bridgehead atoms. The number of likely N-dealkylation sites (N-methyl/N-ethyl adjacent to an activating group) is 2. The Morgan fingerprint density at radius 1 is 0.663 bits per heavy atom. The average Bonchev–Trinajstić information content (AvgIpc) is 1.57. The summed E-state index contributed by atoms with van der Waals surface area (Å²) >= 11 is 0. The summed E-state index contributed by atoms with van der Waals surface area (Å²) in [5.41, 5.74) is 8.82. The van der Waals surface area contributed by atoms with Gasteiger partial charge in [0.2, 0.25) is 41.4 Å². The number of nitrogens with two attached hydrogens (primary N) is 1. The van der Waals surface area contributed by atoms with E-state index in [0.717, 1.165) is 16.0 Å². The molecule has 0 radical (unpaired) electrons. The van der Waals surface area contributed by atoms with Crippen LogP contribution in [-0.4, -0.2) is 200 Å². The molecule has 3 aromatic carbocycles. The molecule has 3 aromatic rings. The maximum atomic E-state index is 14.9. The van der Waals surface area contributed by atoms with Gasteiger partial charge in [0.25, 0.3) is 11.8 Å². The van der Waals surface area contributed by atoms with Crippen LogP contribution in [0.3, 0.4) is 0 Å². The number of rotatable bonds is 42. The standard InChI is InChI=1S/C76H110N12O16/c1-15-49(8)67(59(101-12)43-63(92)87-40-24-30-58(87)68(102-13)50(9)69(93)82-57(74(98)103-14)42-51-25-18-16-19-26-51)86(11)73(97)65(47(4)5)84-72(96)66(48(6)7)85(10)44-53-27-22-28-55(41-53)80-76(100)104-45-52-32-34-54(35-33-52)79-70(94)56(29-23-38-78-75(77)99)81-71(95)64(46(2)3)83-60(89)31-20-17-21-39-88-61(90)36-37-62(88)91/h16,18-19,22,25-28,32-37,41,46-48,50,56-59,64-68H,8,15,17,20-21,23-24,29-31,38-40,42-45H2,1-7,9-14H3,(H,79,94)(H,80,100)(H,81,95)(H,82,93)(H,83,89)(H,84,96)(H3,77,78,99)/t50-,56+,57+,58+,59-,64+,65+,66+,67+,68-/m1/s1. The number of unbranched alkanes of at least 4 members (excludes halogenated alkanes) is 2. The number of nitrogens with zero attached hydrogens (tertiary/aromatic N) is 4. The zero-order valence-corrected chi connectivity index (χ0v) is 62.6. The monoisotopic (exact) mass is 1450 g/mol. The van der Waals surface area contributed by atoms with Gasteiger partial charge in [-0.1, -0.05) is 129 Å². The number of anilines is 2. The molecule has 9 N–H and O–H groups in total. The molecule has 2 aliphatic rings. The zero-order valence-electron chi connectivity index (χ0n) is 62.6. The molecule has 0 saturated carbocycles. The Bertz CT molecular complexity index is 3440. The van der Waals surface area contributed by atoms with E-state index in [2.05, 4.69) is 43.8 Å². The van der Waals surface area contributed by atoms with Gasteiger partial charge in [-0.05, 0) is 111 Å². The number of hydrogen-bond donors (Lipinski definition) is 8. The second-order valence-corrected chi connectivity index (χ2v) is 27.6. The maximum Gasteiger partial charge on any atom is 0.411 e. The fourth-order valence-electron chi connectivity index (χ4n) is 13.1. The Balaban J connectivity index is 1.16. The smallest absolute Gasteiger partial charge is 0.411 e. The third-order valence-corrected chi connectivity index (χ3v) is 18.8. The number of methoxy groups -OCH3 is 3. The topological polar surface area (TPSA) is 365 Å². The summed E-state index contributed by atoms with van der Waals surface area (Å²) < 4.78 is 22.7. The number of benzene rings is 3. The number of ether oxygens (including phenoxy) is 4. The number of imide groups is 1. The fraction of sp³-hybridized carbons (Fsp3) is 0.553. The van der Waals surface area contributed by atoms with Crippen LogP contribution in [0.25, 0.3) is 0 Å². The first kappa shape index (κ1) is 85.1. The number of likely N-dealkylation sites (tertiary alicyclic amines) is 1. The first-order valence-electron chi connectivity index (χ1n) is 35.7. The Morgan fingerprint density at radius 3 is 1.92 bits per heavy atom. The van der Waals surface area contributed by atoms with Crippen molar-refractivity contribution in [3.05, 3.63) is 120 Å². The molecule has 28 heteroatoms. The minimum absolute atomic E-state index is 0.0921. The van der Waals surface area contributed by atoms with Crippen molar-refractivity contribution in [3.63, 3.8) is 0 Å². The summed E-state index contributed by atoms with van der Waals surface area (Å²) in [6.45, 7) is 19.8. The van der Waals surface area contributed by atoms with E-state index < -0.39 is 102 Å². The van der Waals surface area contributed by atoms with Crippen molar-refractivity contribution in [3.8, 4) is 0 Å². The predicted octanol–water partition coefficient (Wildman–Crippen LogP) is 6.27. The lowest BCUT2D eigenvalue weighted by Crippen LogP contribution is -2.59. The van der Waals surface area contributed by atoms with Crippen molar-refractivity contribution in [2.75, 3.05) is 65.7 Å². The number of amides is 12. The molecule has 28 nitrogen and oxygen atoms in total. The van der Waals surface area contributed by atoms with Gasteiger partial charge in [0, 0.05) is 83.8 Å². The quantitative estimate of drug-likeness (QED) is 0.0134. The van der Waals surface area contributed by atoms with Gasteiger partial charge in [-0.2, -0.15) is 0 Å². The van der Waals surface area contributed by atoms with E-state index >= 15 is 0 Å². The molecule has 0 aliphatic carbocycles. The molecule has 570 valence electrons. The van der Waals surface area contributed by atoms with Crippen LogP contribution in [0.15, 0.2) is 103 Å². The molecule has 5 rings (SSSR count). The second kappa shape index (κ2) is 42.3. The predicted molar refractivity (Wildman–Crippen MR) is 392 cm³/mol. The van der Waals surface area contributed by atoms with Gasteiger partial charge in [-0.15, -0.1) is 0 Å². The summed E-state index contributed by atoms with van der Waals surface area (Å²) in [5, 5.41) is 19.5. The van der Waals surface area contributed by atoms with Crippen molar-refractivity contribution >= 4 is 82.6 Å². The minimum Gasteiger partial charge on any atom is -0.467 e. The maximum absolute atomic E-state index is 14.9. The van der Waals surface area contributed by atoms with Gasteiger partial charge in [0.15, 0.2) is 0 Å². The number of nitrogens with one attached hydrogen (secondary N) is 7. The van der Waals surface area contributed by atoms with Crippen molar-refractivity contribution in [1.82, 2.24) is 46.2 Å². The lowest BCUT2D eigenvalue weighted by Gasteiger charge is -2.39. The van der Waals surface area contributed by atoms with Crippen molar-refractivity contribution < 1.29 is 76.5 Å². The first-order valence-corrected chi connectivity index (χ1v) is 35.7. The van der Waals surface area contributed by atoms with E-state index in [0.29, 0.717) is 67.6 Å². The molecule has 0 spiro atoms. The summed E-state index contributed by atoms with van der Waals surface area (Å²) in [6, 6.07) is 16.0. The molecule has 12 amide bonds. The third-order valence-electron chi connectivity index (χ3n) is 18.8. The highest BCUT2D eigenvalue weighted by atomic mass is 16.5. The van der Waals surface area contributed by atoms with Crippen molar-refractivity contribution in [2.24, 2.45) is 29.4 Å². The van der Waals surface area contributed by atoms with E-state index in [4.69, 9.17) is 24.7 Å². The molecule has 1 fully saturated rings. The zero-order chi connectivity index (χ0) is 76.9. The Labute approximate surface area is 611 Å². The highest BCUT2D eigenvalue weighted by molar-refractivity contribution is 6.12. The molecule has 0 aromatic heterocycles. The second-order valence-electron chi connectivity index (χ2n) is 27.6. The minimum atomic E-state index is -1.09. The van der Waals surface area contributed by atoms with Gasteiger partial charge in [0.05, 0.1) is 49.8 Å². The molecule has 0 unspecified atom stereocenters. The summed E-state index contributed by atoms with van der Waals surface area (Å²) in [7, 11) is 7.65. The van der Waals surface area contributed by atoms with Crippen molar-refractivity contribution in [1.29, 1.82) is 0 Å². The lowest BCUT2D eigenvalue weighted by atomic mass is 9.92. The van der Waals surface area contributed by atoms with Crippen molar-refractivity contribution in [2.45, 2.75) is 194 Å². The van der Waals surface area contributed by atoms with Gasteiger partial charge < -0.3 is 66.4 Å². The number of urea groups is 1. The highest BCUT2D eigenvalue weighted by Crippen LogP contribution is 2.30. The van der Waals surface area contributed by atoms with E-state index in [1.54, 1.807) is 82.2 Å². The van der Waals surface area contributed by atoms with Crippen LogP contribution in [-0.2, 0) is 86.5 Å². The van der Waals surface area contributed by atoms with Crippen LogP contribution in [0.2, 0.25) is 0 Å². The van der Waals surface area contributed by atoms with E-state index in [-0.39, 0.29) is 106 Å². The van der Waals surface area contributed by atoms with Crippen LogP contribution >= 0.6 is 0 Å². The van der Waals surface area contributed by atoms with Gasteiger partial charge >= 0.3 is 18.1 Å². The summed E-state index contributed by atoms with van der Waals surface area (Å²) in [5.74, 6) is -6.16. The van der Waals surface area contributed by atoms with Gasteiger partial charge in [-0.3, -0.25) is 58.3 Å². The van der Waals surface area contributed by atoms with E-state index in [1.165, 1.54) is 38.4 Å². The van der Waals surface area contributed by atoms with Gasteiger partial charge in [-0.25, -0.2) is 14.4 Å². The number of carbonyl (C=O) groups excluding carboxylic acids is 12. The molecule has 2 heterocycles. The van der Waals surface area contributed by atoms with E-state index in [9.17, 15) is 57.5 Å². The van der Waals surface area contributed by atoms with Crippen LogP contribution in [0.4, 0.5) is 21.0 Å². The molecular weight excluding hydrogens is 1340 g/mol. The highest BCUT2D eigenvalue weighted by Gasteiger charge is 2.44. The number of hydrogen-bond acceptors (Lipinski definition) is 17. The largest absolute Gasteiger partial charge is 0.467 e. The Hall–Kier alpha value is -9.54. The fourth-order valence-corrected chi connectivity index (χ4v) is 13.1. The molecule has 1 saturated heterocycles. The molecular formula is C76H110N12O16. The molecule has 10 atom stereocenters.